The molecule has 0 radical (unpaired) electrons. The maximum Gasteiger partial charge on any atom is 0.412 e. The van der Waals surface area contributed by atoms with Gasteiger partial charge >= 0.3 is 6.09 Å². The minimum absolute atomic E-state index is 0.180. The first-order valence-corrected chi connectivity index (χ1v) is 10.2. The van der Waals surface area contributed by atoms with Crippen molar-refractivity contribution in [3.63, 3.8) is 0 Å². The van der Waals surface area contributed by atoms with Crippen molar-refractivity contribution in [1.82, 2.24) is 5.32 Å². The zero-order chi connectivity index (χ0) is 21.1. The van der Waals surface area contributed by atoms with Crippen molar-refractivity contribution in [3.05, 3.63) is 65.7 Å². The Bertz CT molecular complexity index is 884. The van der Waals surface area contributed by atoms with Crippen LogP contribution in [0.3, 0.4) is 0 Å². The summed E-state index contributed by atoms with van der Waals surface area (Å²) < 4.78 is 17.1. The monoisotopic (exact) mass is 410 g/mol. The molecule has 30 heavy (non-hydrogen) atoms. The Hall–Kier alpha value is -2.90. The van der Waals surface area contributed by atoms with Crippen molar-refractivity contribution >= 4 is 17.7 Å². The number of rotatable bonds is 5. The van der Waals surface area contributed by atoms with Gasteiger partial charge in [0, 0.05) is 11.3 Å². The standard InChI is InChI=1S/C23H26N2O5/c1-14(2)15-8-10-17(11-9-15)24-23(27)30-19-13-29-20-18(12-28-21(19)20)25-22(26)16-6-4-3-5-7-16/h3-11,14,18-21H,12-13H2,1-2H3,(H,24,27)(H,25,26)/t18-,19+,20+,21+/m0/s1. The van der Waals surface area contributed by atoms with E-state index >= 15 is 0 Å². The summed E-state index contributed by atoms with van der Waals surface area (Å²) in [4.78, 5) is 24.7. The largest absolute Gasteiger partial charge is 0.441 e. The summed E-state index contributed by atoms with van der Waals surface area (Å²) >= 11 is 0. The zero-order valence-corrected chi connectivity index (χ0v) is 17.0. The second-order valence-electron chi connectivity index (χ2n) is 7.89. The lowest BCUT2D eigenvalue weighted by Crippen LogP contribution is -2.44. The summed E-state index contributed by atoms with van der Waals surface area (Å²) in [5, 5.41) is 5.69. The summed E-state index contributed by atoms with van der Waals surface area (Å²) in [6.45, 7) is 4.77. The molecule has 158 valence electrons. The quantitative estimate of drug-likeness (QED) is 0.790. The van der Waals surface area contributed by atoms with Gasteiger partial charge in [-0.1, -0.05) is 44.2 Å². The number of nitrogens with one attached hydrogen (secondary N) is 2. The Morgan fingerprint density at radius 3 is 2.37 bits per heavy atom. The van der Waals surface area contributed by atoms with Gasteiger partial charge in [-0.2, -0.15) is 0 Å². The van der Waals surface area contributed by atoms with Gasteiger partial charge in [0.2, 0.25) is 0 Å². The molecule has 2 aromatic carbocycles. The Morgan fingerprint density at radius 2 is 1.67 bits per heavy atom. The van der Waals surface area contributed by atoms with E-state index < -0.39 is 18.3 Å². The van der Waals surface area contributed by atoms with Gasteiger partial charge in [0.05, 0.1) is 19.3 Å². The molecule has 2 aliphatic rings. The van der Waals surface area contributed by atoms with Gasteiger partial charge in [-0.05, 0) is 35.7 Å². The minimum atomic E-state index is -0.554. The van der Waals surface area contributed by atoms with Gasteiger partial charge in [0.15, 0.2) is 6.10 Å². The van der Waals surface area contributed by atoms with E-state index in [1.54, 1.807) is 12.1 Å². The second-order valence-corrected chi connectivity index (χ2v) is 7.89. The van der Waals surface area contributed by atoms with Crippen LogP contribution in [-0.4, -0.2) is 49.6 Å². The number of benzene rings is 2. The summed E-state index contributed by atoms with van der Waals surface area (Å²) in [7, 11) is 0. The van der Waals surface area contributed by atoms with Crippen LogP contribution < -0.4 is 10.6 Å². The third-order valence-electron chi connectivity index (χ3n) is 5.44. The lowest BCUT2D eigenvalue weighted by molar-refractivity contribution is 0.00862. The maximum atomic E-state index is 12.4. The lowest BCUT2D eigenvalue weighted by Gasteiger charge is -2.18. The van der Waals surface area contributed by atoms with Crippen molar-refractivity contribution in [3.8, 4) is 0 Å². The number of hydrogen-bond donors (Lipinski definition) is 2. The molecule has 2 N–H and O–H groups in total. The fourth-order valence-electron chi connectivity index (χ4n) is 3.77. The molecule has 2 heterocycles. The van der Waals surface area contributed by atoms with E-state index in [9.17, 15) is 9.59 Å². The third kappa shape index (κ3) is 4.47. The van der Waals surface area contributed by atoms with Crippen LogP contribution in [0.1, 0.15) is 35.7 Å². The number of carbonyl (C=O) groups excluding carboxylic acids is 2. The number of anilines is 1. The molecule has 2 aliphatic heterocycles. The van der Waals surface area contributed by atoms with Crippen LogP contribution >= 0.6 is 0 Å². The number of fused-ring (bicyclic) bond motifs is 1. The van der Waals surface area contributed by atoms with Gasteiger partial charge in [-0.3, -0.25) is 10.1 Å². The van der Waals surface area contributed by atoms with E-state index in [1.165, 1.54) is 5.56 Å². The molecule has 2 amide bonds. The van der Waals surface area contributed by atoms with E-state index in [1.807, 2.05) is 42.5 Å². The molecular formula is C23H26N2O5. The van der Waals surface area contributed by atoms with Crippen LogP contribution in [0.2, 0.25) is 0 Å². The molecule has 2 fully saturated rings. The lowest BCUT2D eigenvalue weighted by atomic mass is 10.0. The fourth-order valence-corrected chi connectivity index (χ4v) is 3.77. The van der Waals surface area contributed by atoms with Crippen LogP contribution in [0, 0.1) is 0 Å². The summed E-state index contributed by atoms with van der Waals surface area (Å²) in [5.41, 5.74) is 2.44. The fraction of sp³-hybridized carbons (Fsp3) is 0.391. The number of amides is 2. The Labute approximate surface area is 175 Å². The first kappa shape index (κ1) is 20.4. The predicted molar refractivity (Wildman–Crippen MR) is 112 cm³/mol. The van der Waals surface area contributed by atoms with E-state index in [4.69, 9.17) is 14.2 Å². The van der Waals surface area contributed by atoms with E-state index in [0.717, 1.165) is 0 Å². The number of ether oxygens (including phenoxy) is 3. The smallest absolute Gasteiger partial charge is 0.412 e. The number of carbonyl (C=O) groups is 2. The Balaban J connectivity index is 1.30. The summed E-state index contributed by atoms with van der Waals surface area (Å²) in [5.74, 6) is 0.244. The molecule has 0 unspecified atom stereocenters. The molecular weight excluding hydrogens is 384 g/mol. The zero-order valence-electron chi connectivity index (χ0n) is 17.0. The highest BCUT2D eigenvalue weighted by molar-refractivity contribution is 5.94. The molecule has 0 saturated carbocycles. The van der Waals surface area contributed by atoms with Crippen LogP contribution in [0.5, 0.6) is 0 Å². The molecule has 0 bridgehead atoms. The predicted octanol–water partition coefficient (Wildman–Crippen LogP) is 3.32. The normalized spacial score (nSPS) is 25.0. The van der Waals surface area contributed by atoms with Crippen LogP contribution in [0.25, 0.3) is 0 Å². The van der Waals surface area contributed by atoms with Crippen molar-refractivity contribution in [2.75, 3.05) is 18.5 Å². The summed E-state index contributed by atoms with van der Waals surface area (Å²) in [6.07, 6.45) is -1.83. The molecule has 0 aromatic heterocycles. The van der Waals surface area contributed by atoms with Crippen molar-refractivity contribution < 1.29 is 23.8 Å². The molecule has 2 saturated heterocycles. The van der Waals surface area contributed by atoms with Gasteiger partial charge in [-0.25, -0.2) is 4.79 Å². The number of hydrogen-bond acceptors (Lipinski definition) is 5. The highest BCUT2D eigenvalue weighted by atomic mass is 16.6. The van der Waals surface area contributed by atoms with Crippen LogP contribution in [0.4, 0.5) is 10.5 Å². The highest BCUT2D eigenvalue weighted by Crippen LogP contribution is 2.29. The molecule has 0 aliphatic carbocycles. The molecule has 4 atom stereocenters. The van der Waals surface area contributed by atoms with Crippen molar-refractivity contribution in [1.29, 1.82) is 0 Å². The molecule has 2 aromatic rings. The highest BCUT2D eigenvalue weighted by Gasteiger charge is 2.50. The molecule has 4 rings (SSSR count). The van der Waals surface area contributed by atoms with Gasteiger partial charge < -0.3 is 19.5 Å². The van der Waals surface area contributed by atoms with Crippen LogP contribution in [0.15, 0.2) is 54.6 Å². The average Bonchev–Trinajstić information content (AvgIpc) is 3.32. The van der Waals surface area contributed by atoms with E-state index in [2.05, 4.69) is 24.5 Å². The second kappa shape index (κ2) is 8.85. The van der Waals surface area contributed by atoms with Gasteiger partial charge in [0.25, 0.3) is 5.91 Å². The first-order chi connectivity index (χ1) is 14.5. The van der Waals surface area contributed by atoms with E-state index in [-0.39, 0.29) is 24.7 Å². The topological polar surface area (TPSA) is 85.9 Å². The Kier molecular flexibility index (Phi) is 6.01. The SMILES string of the molecule is CC(C)c1ccc(NC(=O)O[C@@H]2CO[C@H]3[C@@H]2OC[C@@H]3NC(=O)c2ccccc2)cc1. The molecule has 0 spiro atoms. The van der Waals surface area contributed by atoms with Crippen molar-refractivity contribution in [2.45, 2.75) is 44.1 Å². The van der Waals surface area contributed by atoms with Gasteiger partial charge in [-0.15, -0.1) is 0 Å². The molecule has 7 heteroatoms. The third-order valence-corrected chi connectivity index (χ3v) is 5.44. The first-order valence-electron chi connectivity index (χ1n) is 10.2. The molecule has 7 nitrogen and oxygen atoms in total. The Morgan fingerprint density at radius 1 is 0.967 bits per heavy atom. The van der Waals surface area contributed by atoms with Crippen molar-refractivity contribution in [2.24, 2.45) is 0 Å². The van der Waals surface area contributed by atoms with Gasteiger partial charge in [0.1, 0.15) is 12.2 Å². The van der Waals surface area contributed by atoms with Crippen LogP contribution in [-0.2, 0) is 14.2 Å². The maximum absolute atomic E-state index is 12.4. The minimum Gasteiger partial charge on any atom is -0.441 e. The van der Waals surface area contributed by atoms with E-state index in [0.29, 0.717) is 23.8 Å². The average molecular weight is 410 g/mol. The summed E-state index contributed by atoms with van der Waals surface area (Å²) in [6, 6.07) is 16.4.